The number of hydrogen-bond acceptors (Lipinski definition) is 2. The van der Waals surface area contributed by atoms with Crippen LogP contribution in [0.4, 0.5) is 8.78 Å². The van der Waals surface area contributed by atoms with Crippen molar-refractivity contribution in [3.63, 3.8) is 0 Å². The first-order valence-electron chi connectivity index (χ1n) is 5.32. The van der Waals surface area contributed by atoms with Gasteiger partial charge < -0.3 is 0 Å². The van der Waals surface area contributed by atoms with E-state index in [1.807, 2.05) is 0 Å². The van der Waals surface area contributed by atoms with Crippen molar-refractivity contribution >= 4 is 22.3 Å². The second kappa shape index (κ2) is 5.14. The molecule has 2 rings (SSSR count). The summed E-state index contributed by atoms with van der Waals surface area (Å²) in [6.45, 7) is 0.793. The molecule has 3 nitrogen and oxygen atoms in total. The summed E-state index contributed by atoms with van der Waals surface area (Å²) in [6, 6.07) is 0. The molecule has 1 N–H and O–H groups in total. The monoisotopic (exact) mass is 274 g/mol. The van der Waals surface area contributed by atoms with E-state index in [4.69, 9.17) is 4.78 Å². The Morgan fingerprint density at radius 1 is 1.19 bits per heavy atom. The summed E-state index contributed by atoms with van der Waals surface area (Å²) in [6.07, 6.45) is 0.198. The lowest BCUT2D eigenvalue weighted by Crippen LogP contribution is -2.40. The van der Waals surface area contributed by atoms with Crippen LogP contribution in [0.1, 0.15) is 25.7 Å². The Labute approximate surface area is 101 Å². The minimum Gasteiger partial charge on any atom is -0.240 e. The van der Waals surface area contributed by atoms with E-state index in [9.17, 15) is 13.0 Å². The first kappa shape index (κ1) is 14.1. The molecule has 1 saturated carbocycles. The van der Waals surface area contributed by atoms with Gasteiger partial charge in [0.2, 0.25) is 6.43 Å². The number of rotatable bonds is 3. The van der Waals surface area contributed by atoms with Crippen LogP contribution in [0.25, 0.3) is 0 Å². The Morgan fingerprint density at radius 2 is 1.69 bits per heavy atom. The SMILES string of the molecule is Cl.N=S(=O)(C1CC1)N1CCC(C(F)F)CC1. The molecule has 1 aliphatic carbocycles. The van der Waals surface area contributed by atoms with Gasteiger partial charge in [0, 0.05) is 19.0 Å². The van der Waals surface area contributed by atoms with E-state index in [0.29, 0.717) is 25.9 Å². The molecule has 0 aromatic heterocycles. The molecule has 16 heavy (non-hydrogen) atoms. The van der Waals surface area contributed by atoms with Gasteiger partial charge in [-0.3, -0.25) is 0 Å². The summed E-state index contributed by atoms with van der Waals surface area (Å²) in [7, 11) is -2.65. The highest BCUT2D eigenvalue weighted by Crippen LogP contribution is 2.34. The van der Waals surface area contributed by atoms with Crippen LogP contribution in [0.5, 0.6) is 0 Å². The van der Waals surface area contributed by atoms with Crippen molar-refractivity contribution in [2.75, 3.05) is 13.1 Å². The molecule has 0 bridgehead atoms. The Morgan fingerprint density at radius 3 is 2.06 bits per heavy atom. The lowest BCUT2D eigenvalue weighted by atomic mass is 9.99. The van der Waals surface area contributed by atoms with Crippen LogP contribution in [-0.4, -0.2) is 33.3 Å². The fraction of sp³-hybridized carbons (Fsp3) is 1.00. The van der Waals surface area contributed by atoms with Crippen molar-refractivity contribution in [2.24, 2.45) is 5.92 Å². The summed E-state index contributed by atoms with van der Waals surface area (Å²) in [5.41, 5.74) is 0. The maximum Gasteiger partial charge on any atom is 0.241 e. The van der Waals surface area contributed by atoms with E-state index in [2.05, 4.69) is 0 Å². The molecule has 1 aliphatic heterocycles. The molecule has 0 spiro atoms. The zero-order valence-corrected chi connectivity index (χ0v) is 10.5. The average Bonchev–Trinajstić information content (AvgIpc) is 3.01. The highest BCUT2D eigenvalue weighted by atomic mass is 35.5. The predicted molar refractivity (Wildman–Crippen MR) is 61.4 cm³/mol. The Hall–Kier alpha value is 0.0600. The Balaban J connectivity index is 0.00000128. The van der Waals surface area contributed by atoms with Gasteiger partial charge in [-0.1, -0.05) is 0 Å². The van der Waals surface area contributed by atoms with E-state index in [-0.39, 0.29) is 17.7 Å². The van der Waals surface area contributed by atoms with Gasteiger partial charge >= 0.3 is 0 Å². The van der Waals surface area contributed by atoms with Gasteiger partial charge in [-0.15, -0.1) is 12.4 Å². The van der Waals surface area contributed by atoms with Crippen LogP contribution < -0.4 is 0 Å². The molecular weight excluding hydrogens is 258 g/mol. The summed E-state index contributed by atoms with van der Waals surface area (Å²) < 4.78 is 46.1. The van der Waals surface area contributed by atoms with Crippen molar-refractivity contribution in [3.05, 3.63) is 0 Å². The van der Waals surface area contributed by atoms with Gasteiger partial charge in [0.05, 0.1) is 5.25 Å². The van der Waals surface area contributed by atoms with E-state index in [1.165, 1.54) is 0 Å². The van der Waals surface area contributed by atoms with Crippen LogP contribution in [0.15, 0.2) is 0 Å². The van der Waals surface area contributed by atoms with Crippen LogP contribution in [0.3, 0.4) is 0 Å². The third kappa shape index (κ3) is 2.84. The normalized spacial score (nSPS) is 27.4. The number of nitrogens with one attached hydrogen (secondary N) is 1. The molecule has 0 radical (unpaired) electrons. The summed E-state index contributed by atoms with van der Waals surface area (Å²) in [4.78, 5) is 0. The second-order valence-corrected chi connectivity index (χ2v) is 6.69. The lowest BCUT2D eigenvalue weighted by molar-refractivity contribution is 0.0495. The number of nitrogens with zero attached hydrogens (tertiary/aromatic N) is 1. The fourth-order valence-corrected chi connectivity index (χ4v) is 3.95. The van der Waals surface area contributed by atoms with Crippen molar-refractivity contribution in [3.8, 4) is 0 Å². The predicted octanol–water partition coefficient (Wildman–Crippen LogP) is 2.51. The van der Waals surface area contributed by atoms with Gasteiger partial charge in [0.1, 0.15) is 9.92 Å². The van der Waals surface area contributed by atoms with Crippen LogP contribution in [0.2, 0.25) is 0 Å². The molecular formula is C9H17ClF2N2OS. The molecule has 0 amide bonds. The minimum atomic E-state index is -2.65. The Kier molecular flexibility index (Phi) is 4.54. The number of piperidine rings is 1. The standard InChI is InChI=1S/C9H16F2N2OS.ClH/c10-9(11)7-3-5-13(6-4-7)15(12,14)8-1-2-8;/h7-9,12H,1-6H2;1H. The zero-order chi connectivity index (χ0) is 11.1. The van der Waals surface area contributed by atoms with E-state index in [1.54, 1.807) is 4.31 Å². The van der Waals surface area contributed by atoms with Gasteiger partial charge in [0.15, 0.2) is 0 Å². The third-order valence-corrected chi connectivity index (χ3v) is 5.72. The lowest BCUT2D eigenvalue weighted by Gasteiger charge is -2.32. The molecule has 7 heteroatoms. The van der Waals surface area contributed by atoms with Crippen molar-refractivity contribution in [2.45, 2.75) is 37.4 Å². The maximum atomic E-state index is 12.4. The summed E-state index contributed by atoms with van der Waals surface area (Å²) in [5, 5.41) is 0.000556. The van der Waals surface area contributed by atoms with Crippen molar-refractivity contribution < 1.29 is 13.0 Å². The van der Waals surface area contributed by atoms with Gasteiger partial charge in [0.25, 0.3) is 0 Å². The summed E-state index contributed by atoms with van der Waals surface area (Å²) in [5.74, 6) is -0.560. The van der Waals surface area contributed by atoms with Gasteiger partial charge in [-0.05, 0) is 25.7 Å². The molecule has 1 heterocycles. The highest BCUT2D eigenvalue weighted by molar-refractivity contribution is 7.91. The quantitative estimate of drug-likeness (QED) is 0.844. The van der Waals surface area contributed by atoms with Crippen molar-refractivity contribution in [1.29, 1.82) is 4.78 Å². The van der Waals surface area contributed by atoms with Gasteiger partial charge in [-0.2, -0.15) is 0 Å². The maximum absolute atomic E-state index is 12.4. The molecule has 1 saturated heterocycles. The smallest absolute Gasteiger partial charge is 0.240 e. The Bertz CT molecular complexity index is 324. The van der Waals surface area contributed by atoms with E-state index in [0.717, 1.165) is 12.8 Å². The first-order chi connectivity index (χ1) is 7.01. The number of halogens is 3. The minimum absolute atomic E-state index is 0. The summed E-state index contributed by atoms with van der Waals surface area (Å²) >= 11 is 0. The van der Waals surface area contributed by atoms with Crippen LogP contribution in [-0.2, 0) is 9.92 Å². The molecule has 0 aromatic rings. The molecule has 1 unspecified atom stereocenters. The molecule has 0 aromatic carbocycles. The molecule has 96 valence electrons. The molecule has 1 atom stereocenters. The first-order valence-corrected chi connectivity index (χ1v) is 6.90. The van der Waals surface area contributed by atoms with E-state index >= 15 is 0 Å². The van der Waals surface area contributed by atoms with Gasteiger partial charge in [-0.25, -0.2) is 22.1 Å². The van der Waals surface area contributed by atoms with Crippen LogP contribution >= 0.6 is 12.4 Å². The van der Waals surface area contributed by atoms with Crippen molar-refractivity contribution in [1.82, 2.24) is 4.31 Å². The topological polar surface area (TPSA) is 44.2 Å². The molecule has 2 aliphatic rings. The highest BCUT2D eigenvalue weighted by Gasteiger charge is 2.39. The third-order valence-electron chi connectivity index (χ3n) is 3.21. The molecule has 2 fully saturated rings. The number of hydrogen-bond donors (Lipinski definition) is 1. The largest absolute Gasteiger partial charge is 0.241 e. The number of alkyl halides is 2. The van der Waals surface area contributed by atoms with E-state index < -0.39 is 22.3 Å². The average molecular weight is 275 g/mol. The van der Waals surface area contributed by atoms with Crippen LogP contribution in [0, 0.1) is 10.7 Å². The fourth-order valence-electron chi connectivity index (χ4n) is 2.00. The second-order valence-electron chi connectivity index (χ2n) is 4.37. The zero-order valence-electron chi connectivity index (χ0n) is 8.90.